The predicted molar refractivity (Wildman–Crippen MR) is 106 cm³/mol. The van der Waals surface area contributed by atoms with Crippen LogP contribution in [0.1, 0.15) is 38.8 Å². The molecule has 0 bridgehead atoms. The second-order valence-electron chi connectivity index (χ2n) is 7.44. The normalized spacial score (nSPS) is 21.7. The molecule has 1 aromatic heterocycles. The Labute approximate surface area is 162 Å². The number of aromatic nitrogens is 1. The van der Waals surface area contributed by atoms with Crippen LogP contribution in [0, 0.1) is 6.92 Å². The SMILES string of the molecule is CCCS(=O)(=O)N1CCC2(CC1)C(=O)N(c1ccc(C)nc1)CCN2CC. The van der Waals surface area contributed by atoms with Crippen LogP contribution >= 0.6 is 0 Å². The quantitative estimate of drug-likeness (QED) is 0.759. The van der Waals surface area contributed by atoms with E-state index in [0.29, 0.717) is 38.9 Å². The van der Waals surface area contributed by atoms with Crippen molar-refractivity contribution < 1.29 is 13.2 Å². The van der Waals surface area contributed by atoms with Gasteiger partial charge < -0.3 is 4.90 Å². The van der Waals surface area contributed by atoms with Gasteiger partial charge in [0.25, 0.3) is 0 Å². The molecule has 2 aliphatic rings. The molecule has 7 nitrogen and oxygen atoms in total. The number of hydrogen-bond acceptors (Lipinski definition) is 5. The summed E-state index contributed by atoms with van der Waals surface area (Å²) in [4.78, 5) is 21.9. The van der Waals surface area contributed by atoms with Gasteiger partial charge in [-0.25, -0.2) is 12.7 Å². The zero-order valence-corrected chi connectivity index (χ0v) is 17.3. The van der Waals surface area contributed by atoms with Gasteiger partial charge in [-0.05, 0) is 44.9 Å². The Bertz CT molecular complexity index is 771. The third-order valence-corrected chi connectivity index (χ3v) is 7.91. The molecule has 1 aromatic rings. The van der Waals surface area contributed by atoms with Crippen LogP contribution < -0.4 is 4.90 Å². The van der Waals surface area contributed by atoms with E-state index in [1.54, 1.807) is 10.5 Å². The minimum Gasteiger partial charge on any atom is -0.308 e. The Kier molecular flexibility index (Phi) is 5.88. The fourth-order valence-corrected chi connectivity index (χ4v) is 5.81. The molecular weight excluding hydrogens is 364 g/mol. The summed E-state index contributed by atoms with van der Waals surface area (Å²) < 4.78 is 26.4. The van der Waals surface area contributed by atoms with Gasteiger partial charge in [0.2, 0.25) is 15.9 Å². The molecule has 27 heavy (non-hydrogen) atoms. The third kappa shape index (κ3) is 3.75. The number of piperazine rings is 1. The van der Waals surface area contributed by atoms with E-state index in [1.165, 1.54) is 0 Å². The number of hydrogen-bond donors (Lipinski definition) is 0. The lowest BCUT2D eigenvalue weighted by atomic mass is 9.83. The second kappa shape index (κ2) is 7.85. The molecule has 2 aliphatic heterocycles. The second-order valence-corrected chi connectivity index (χ2v) is 9.53. The first-order valence-corrected chi connectivity index (χ1v) is 11.4. The molecule has 0 unspecified atom stereocenters. The highest BCUT2D eigenvalue weighted by atomic mass is 32.2. The fourth-order valence-electron chi connectivity index (χ4n) is 4.30. The molecule has 1 spiro atoms. The van der Waals surface area contributed by atoms with Crippen LogP contribution in [0.5, 0.6) is 0 Å². The van der Waals surface area contributed by atoms with Gasteiger partial charge in [-0.1, -0.05) is 13.8 Å². The van der Waals surface area contributed by atoms with Crippen molar-refractivity contribution in [1.29, 1.82) is 0 Å². The highest BCUT2D eigenvalue weighted by Crippen LogP contribution is 2.36. The van der Waals surface area contributed by atoms with Gasteiger partial charge in [-0.15, -0.1) is 0 Å². The minimum atomic E-state index is -3.22. The number of aryl methyl sites for hydroxylation is 1. The van der Waals surface area contributed by atoms with Crippen molar-refractivity contribution in [1.82, 2.24) is 14.2 Å². The van der Waals surface area contributed by atoms with Gasteiger partial charge in [0.15, 0.2) is 0 Å². The van der Waals surface area contributed by atoms with Crippen LogP contribution in [0.3, 0.4) is 0 Å². The Balaban J connectivity index is 1.83. The van der Waals surface area contributed by atoms with E-state index in [2.05, 4.69) is 16.8 Å². The van der Waals surface area contributed by atoms with E-state index in [9.17, 15) is 13.2 Å². The van der Waals surface area contributed by atoms with Crippen molar-refractivity contribution in [2.24, 2.45) is 0 Å². The van der Waals surface area contributed by atoms with Crippen LogP contribution in [0.25, 0.3) is 0 Å². The summed E-state index contributed by atoms with van der Waals surface area (Å²) in [6.07, 6.45) is 3.44. The molecule has 0 N–H and O–H groups in total. The average molecular weight is 395 g/mol. The molecule has 150 valence electrons. The van der Waals surface area contributed by atoms with Crippen molar-refractivity contribution in [2.75, 3.05) is 43.4 Å². The van der Waals surface area contributed by atoms with Crippen LogP contribution in [0.4, 0.5) is 5.69 Å². The number of carbonyl (C=O) groups is 1. The van der Waals surface area contributed by atoms with Crippen molar-refractivity contribution >= 4 is 21.6 Å². The van der Waals surface area contributed by atoms with Crippen molar-refractivity contribution in [3.8, 4) is 0 Å². The van der Waals surface area contributed by atoms with E-state index in [0.717, 1.165) is 24.5 Å². The van der Waals surface area contributed by atoms with Gasteiger partial charge >= 0.3 is 0 Å². The first-order chi connectivity index (χ1) is 12.8. The van der Waals surface area contributed by atoms with Gasteiger partial charge in [0.05, 0.1) is 17.6 Å². The summed E-state index contributed by atoms with van der Waals surface area (Å²) in [5.74, 6) is 0.251. The lowest BCUT2D eigenvalue weighted by molar-refractivity contribution is -0.136. The molecular formula is C19H30N4O3S. The summed E-state index contributed by atoms with van der Waals surface area (Å²) in [5.41, 5.74) is 1.13. The minimum absolute atomic E-state index is 0.0776. The van der Waals surface area contributed by atoms with E-state index < -0.39 is 15.6 Å². The topological polar surface area (TPSA) is 73.8 Å². The maximum absolute atomic E-state index is 13.5. The number of rotatable bonds is 5. The summed E-state index contributed by atoms with van der Waals surface area (Å²) in [6, 6.07) is 3.86. The zero-order valence-electron chi connectivity index (χ0n) is 16.5. The number of sulfonamides is 1. The smallest absolute Gasteiger partial charge is 0.247 e. The van der Waals surface area contributed by atoms with Crippen molar-refractivity contribution in [3.05, 3.63) is 24.0 Å². The Morgan fingerprint density at radius 1 is 1.11 bits per heavy atom. The summed E-state index contributed by atoms with van der Waals surface area (Å²) in [5, 5.41) is 0. The molecule has 0 atom stereocenters. The Hall–Kier alpha value is -1.51. The Morgan fingerprint density at radius 3 is 2.37 bits per heavy atom. The molecule has 0 radical (unpaired) electrons. The van der Waals surface area contributed by atoms with Crippen LogP contribution in [0.2, 0.25) is 0 Å². The van der Waals surface area contributed by atoms with Gasteiger partial charge in [-0.3, -0.25) is 14.7 Å². The fraction of sp³-hybridized carbons (Fsp3) is 0.684. The molecule has 0 aliphatic carbocycles. The van der Waals surface area contributed by atoms with Crippen LogP contribution in [0.15, 0.2) is 18.3 Å². The predicted octanol–water partition coefficient (Wildman–Crippen LogP) is 1.63. The van der Waals surface area contributed by atoms with Gasteiger partial charge in [-0.2, -0.15) is 0 Å². The first-order valence-electron chi connectivity index (χ1n) is 9.81. The van der Waals surface area contributed by atoms with E-state index >= 15 is 0 Å². The number of pyridine rings is 1. The molecule has 0 saturated carbocycles. The van der Waals surface area contributed by atoms with E-state index in [1.807, 2.05) is 30.9 Å². The maximum Gasteiger partial charge on any atom is 0.247 e. The third-order valence-electron chi connectivity index (χ3n) is 5.84. The van der Waals surface area contributed by atoms with Crippen molar-refractivity contribution in [3.63, 3.8) is 0 Å². The summed E-state index contributed by atoms with van der Waals surface area (Å²) in [7, 11) is -3.22. The number of nitrogens with zero attached hydrogens (tertiary/aromatic N) is 4. The number of anilines is 1. The first kappa shape index (κ1) is 20.2. The van der Waals surface area contributed by atoms with Gasteiger partial charge in [0, 0.05) is 31.9 Å². The maximum atomic E-state index is 13.5. The monoisotopic (exact) mass is 394 g/mol. The van der Waals surface area contributed by atoms with Crippen LogP contribution in [-0.4, -0.2) is 72.5 Å². The molecule has 2 saturated heterocycles. The highest BCUT2D eigenvalue weighted by Gasteiger charge is 2.51. The van der Waals surface area contributed by atoms with Gasteiger partial charge in [0.1, 0.15) is 5.54 Å². The number of likely N-dealkylation sites (N-methyl/N-ethyl adjacent to an activating group) is 1. The molecule has 1 amide bonds. The lowest BCUT2D eigenvalue weighted by Crippen LogP contribution is -2.69. The van der Waals surface area contributed by atoms with E-state index in [-0.39, 0.29) is 11.7 Å². The van der Waals surface area contributed by atoms with E-state index in [4.69, 9.17) is 0 Å². The largest absolute Gasteiger partial charge is 0.308 e. The molecule has 3 rings (SSSR count). The summed E-state index contributed by atoms with van der Waals surface area (Å²) >= 11 is 0. The molecule has 0 aromatic carbocycles. The Morgan fingerprint density at radius 2 is 1.81 bits per heavy atom. The average Bonchev–Trinajstić information content (AvgIpc) is 2.65. The lowest BCUT2D eigenvalue weighted by Gasteiger charge is -2.52. The van der Waals surface area contributed by atoms with Crippen molar-refractivity contribution in [2.45, 2.75) is 45.6 Å². The molecule has 8 heteroatoms. The standard InChI is InChI=1S/C19H30N4O3S/c1-4-14-27(25,26)22-10-8-19(9-11-22)18(24)23(13-12-21(19)5-2)17-7-6-16(3)20-15-17/h6-7,15H,4-5,8-14H2,1-3H3. The van der Waals surface area contributed by atoms with Crippen LogP contribution in [-0.2, 0) is 14.8 Å². The molecule has 2 fully saturated rings. The zero-order chi connectivity index (χ0) is 19.7. The number of amides is 1. The summed E-state index contributed by atoms with van der Waals surface area (Å²) in [6.45, 7) is 8.89. The highest BCUT2D eigenvalue weighted by molar-refractivity contribution is 7.89. The molecule has 3 heterocycles. The number of piperidine rings is 1. The number of carbonyl (C=O) groups excluding carboxylic acids is 1.